The van der Waals surface area contributed by atoms with Crippen LogP contribution in [0.2, 0.25) is 0 Å². The summed E-state index contributed by atoms with van der Waals surface area (Å²) in [5.41, 5.74) is -0.241. The minimum absolute atomic E-state index is 0.0142. The number of esters is 1. The van der Waals surface area contributed by atoms with Gasteiger partial charge in [-0.1, -0.05) is 32.0 Å². The van der Waals surface area contributed by atoms with Gasteiger partial charge in [-0.05, 0) is 31.9 Å². The Balaban J connectivity index is 2.02. The molecule has 2 N–H and O–H groups in total. The number of ether oxygens (including phenoxy) is 3. The summed E-state index contributed by atoms with van der Waals surface area (Å²) >= 11 is 0. The molecule has 0 aliphatic carbocycles. The third-order valence-electron chi connectivity index (χ3n) is 4.46. The van der Waals surface area contributed by atoms with Crippen molar-refractivity contribution in [3.63, 3.8) is 0 Å². The van der Waals surface area contributed by atoms with Crippen molar-refractivity contribution in [2.24, 2.45) is 5.92 Å². The van der Waals surface area contributed by atoms with Crippen molar-refractivity contribution in [2.45, 2.75) is 45.9 Å². The van der Waals surface area contributed by atoms with Crippen LogP contribution in [-0.2, 0) is 9.53 Å². The fourth-order valence-corrected chi connectivity index (χ4v) is 2.88. The highest BCUT2D eigenvalue weighted by Gasteiger charge is 2.30. The first kappa shape index (κ1) is 23.0. The molecule has 0 radical (unpaired) electrons. The van der Waals surface area contributed by atoms with Crippen LogP contribution in [0.25, 0.3) is 0 Å². The minimum atomic E-state index is -0.963. The lowest BCUT2D eigenvalue weighted by atomic mass is 10.0. The molecule has 0 saturated heterocycles. The molecule has 8 heteroatoms. The predicted molar refractivity (Wildman–Crippen MR) is 111 cm³/mol. The molecular weight excluding hydrogens is 388 g/mol. The van der Waals surface area contributed by atoms with Crippen molar-refractivity contribution in [2.75, 3.05) is 7.11 Å². The number of aromatic nitrogens is 1. The molecule has 0 spiro atoms. The number of carbonyl (C=O) groups is 2. The van der Waals surface area contributed by atoms with E-state index in [1.165, 1.54) is 26.3 Å². The number of amides is 1. The van der Waals surface area contributed by atoms with Gasteiger partial charge < -0.3 is 24.6 Å². The number of rotatable bonds is 9. The Morgan fingerprint density at radius 1 is 1.07 bits per heavy atom. The van der Waals surface area contributed by atoms with E-state index in [9.17, 15) is 14.7 Å². The summed E-state index contributed by atoms with van der Waals surface area (Å²) in [5, 5.41) is 12.5. The fourth-order valence-electron chi connectivity index (χ4n) is 2.88. The summed E-state index contributed by atoms with van der Waals surface area (Å²) in [6.45, 7) is 7.17. The average Bonchev–Trinajstić information content (AvgIpc) is 2.72. The Morgan fingerprint density at radius 2 is 1.73 bits per heavy atom. The van der Waals surface area contributed by atoms with E-state index in [1.54, 1.807) is 0 Å². The lowest BCUT2D eigenvalue weighted by Gasteiger charge is -2.29. The molecule has 3 atom stereocenters. The van der Waals surface area contributed by atoms with Gasteiger partial charge in [-0.25, -0.2) is 9.78 Å². The van der Waals surface area contributed by atoms with Crippen LogP contribution in [-0.4, -0.2) is 47.3 Å². The third-order valence-corrected chi connectivity index (χ3v) is 4.46. The van der Waals surface area contributed by atoms with E-state index in [1.807, 2.05) is 51.1 Å². The number of nitrogens with zero attached hydrogens (tertiary/aromatic N) is 1. The van der Waals surface area contributed by atoms with Gasteiger partial charge in [0.05, 0.1) is 7.11 Å². The van der Waals surface area contributed by atoms with Gasteiger partial charge in [0.2, 0.25) is 0 Å². The maximum absolute atomic E-state index is 12.6. The molecule has 1 aromatic heterocycles. The van der Waals surface area contributed by atoms with Gasteiger partial charge in [-0.2, -0.15) is 0 Å². The third kappa shape index (κ3) is 5.85. The topological polar surface area (TPSA) is 107 Å². The monoisotopic (exact) mass is 416 g/mol. The Kier molecular flexibility index (Phi) is 8.03. The van der Waals surface area contributed by atoms with Crippen molar-refractivity contribution in [3.8, 4) is 17.2 Å². The van der Waals surface area contributed by atoms with E-state index in [4.69, 9.17) is 14.2 Å². The molecule has 162 valence electrons. The van der Waals surface area contributed by atoms with Crippen molar-refractivity contribution in [3.05, 3.63) is 48.3 Å². The fraction of sp³-hybridized carbons (Fsp3) is 0.409. The first-order chi connectivity index (χ1) is 14.2. The van der Waals surface area contributed by atoms with E-state index >= 15 is 0 Å². The zero-order valence-corrected chi connectivity index (χ0v) is 17.8. The minimum Gasteiger partial charge on any atom is -0.503 e. The molecule has 2 rings (SSSR count). The second kappa shape index (κ2) is 10.5. The Hall–Kier alpha value is -3.29. The molecule has 0 bridgehead atoms. The second-order valence-corrected chi connectivity index (χ2v) is 7.19. The number of aromatic hydroxyl groups is 1. The van der Waals surface area contributed by atoms with Gasteiger partial charge in [-0.3, -0.25) is 4.79 Å². The Morgan fingerprint density at radius 3 is 2.33 bits per heavy atom. The molecule has 1 heterocycles. The summed E-state index contributed by atoms with van der Waals surface area (Å²) in [6, 6.07) is 9.71. The maximum Gasteiger partial charge on any atom is 0.328 e. The predicted octanol–water partition coefficient (Wildman–Crippen LogP) is 2.95. The van der Waals surface area contributed by atoms with Crippen molar-refractivity contribution in [1.29, 1.82) is 0 Å². The van der Waals surface area contributed by atoms with Crippen LogP contribution in [0.3, 0.4) is 0 Å². The zero-order chi connectivity index (χ0) is 22.3. The highest BCUT2D eigenvalue weighted by molar-refractivity contribution is 5.97. The largest absolute Gasteiger partial charge is 0.503 e. The van der Waals surface area contributed by atoms with Crippen molar-refractivity contribution < 1.29 is 28.9 Å². The zero-order valence-electron chi connectivity index (χ0n) is 17.8. The van der Waals surface area contributed by atoms with Crippen LogP contribution >= 0.6 is 0 Å². The summed E-state index contributed by atoms with van der Waals surface area (Å²) in [6.07, 6.45) is 0.400. The number of pyridine rings is 1. The van der Waals surface area contributed by atoms with Crippen molar-refractivity contribution in [1.82, 2.24) is 10.3 Å². The number of nitrogens with one attached hydrogen (secondary N) is 1. The van der Waals surface area contributed by atoms with Gasteiger partial charge in [0.15, 0.2) is 17.2 Å². The number of hydrogen-bond acceptors (Lipinski definition) is 7. The highest BCUT2D eigenvalue weighted by Crippen LogP contribution is 2.27. The SMILES string of the molecule is COc1ccnc(C(=O)N[C@@H](C)C(=O)OC(C(C)C)[C@@H](C)Oc2ccccc2)c1O. The van der Waals surface area contributed by atoms with Crippen LogP contribution in [0.4, 0.5) is 0 Å². The Bertz CT molecular complexity index is 856. The lowest BCUT2D eigenvalue weighted by molar-refractivity contribution is -0.158. The van der Waals surface area contributed by atoms with E-state index in [-0.39, 0.29) is 17.4 Å². The molecule has 30 heavy (non-hydrogen) atoms. The molecule has 0 aliphatic rings. The number of carbonyl (C=O) groups excluding carboxylic acids is 2. The van der Waals surface area contributed by atoms with Crippen molar-refractivity contribution >= 4 is 11.9 Å². The second-order valence-electron chi connectivity index (χ2n) is 7.19. The molecule has 1 aromatic carbocycles. The smallest absolute Gasteiger partial charge is 0.328 e. The van der Waals surface area contributed by atoms with Crippen LogP contribution < -0.4 is 14.8 Å². The Labute approximate surface area is 176 Å². The number of methoxy groups -OCH3 is 1. The van der Waals surface area contributed by atoms with Crippen LogP contribution in [0, 0.1) is 5.92 Å². The van der Waals surface area contributed by atoms with E-state index in [0.717, 1.165) is 0 Å². The van der Waals surface area contributed by atoms with Gasteiger partial charge in [-0.15, -0.1) is 0 Å². The lowest BCUT2D eigenvalue weighted by Crippen LogP contribution is -2.45. The van der Waals surface area contributed by atoms with Crippen LogP contribution in [0.15, 0.2) is 42.6 Å². The van der Waals surface area contributed by atoms with Crippen LogP contribution in [0.1, 0.15) is 38.2 Å². The molecule has 0 saturated carbocycles. The first-order valence-electron chi connectivity index (χ1n) is 9.69. The quantitative estimate of drug-likeness (QED) is 0.605. The van der Waals surface area contributed by atoms with Gasteiger partial charge in [0.1, 0.15) is 24.0 Å². The summed E-state index contributed by atoms with van der Waals surface area (Å²) in [5.74, 6) is -0.967. The van der Waals surface area contributed by atoms with E-state index in [2.05, 4.69) is 10.3 Å². The molecule has 1 amide bonds. The maximum atomic E-state index is 12.6. The summed E-state index contributed by atoms with van der Waals surface area (Å²) in [4.78, 5) is 28.9. The van der Waals surface area contributed by atoms with Crippen LogP contribution in [0.5, 0.6) is 17.2 Å². The van der Waals surface area contributed by atoms with Gasteiger partial charge in [0.25, 0.3) is 5.91 Å². The molecule has 0 aliphatic heterocycles. The summed E-state index contributed by atoms with van der Waals surface area (Å²) < 4.78 is 16.5. The molecule has 1 unspecified atom stereocenters. The van der Waals surface area contributed by atoms with Gasteiger partial charge >= 0.3 is 5.97 Å². The number of hydrogen-bond donors (Lipinski definition) is 2. The average molecular weight is 416 g/mol. The normalized spacial score (nSPS) is 13.8. The van der Waals surface area contributed by atoms with E-state index < -0.39 is 35.9 Å². The standard InChI is InChI=1S/C22H28N2O6/c1-13(2)20(15(4)29-16-9-7-6-8-10-16)30-22(27)14(3)24-21(26)18-19(25)17(28-5)11-12-23-18/h6-15,20,25H,1-5H3,(H,24,26)/t14-,15+,20?/m0/s1. The molecule has 8 nitrogen and oxygen atoms in total. The first-order valence-corrected chi connectivity index (χ1v) is 9.69. The van der Waals surface area contributed by atoms with Gasteiger partial charge in [0, 0.05) is 12.3 Å². The summed E-state index contributed by atoms with van der Waals surface area (Å²) in [7, 11) is 1.36. The molecule has 0 fully saturated rings. The highest BCUT2D eigenvalue weighted by atomic mass is 16.6. The number of benzene rings is 1. The number of para-hydroxylation sites is 1. The molecular formula is C22H28N2O6. The van der Waals surface area contributed by atoms with E-state index in [0.29, 0.717) is 5.75 Å². The molecule has 2 aromatic rings.